The third-order valence-electron chi connectivity index (χ3n) is 16.9. The minimum Gasteiger partial charge on any atom is -0.394 e. The zero-order chi connectivity index (χ0) is 61.6. The van der Waals surface area contributed by atoms with Crippen LogP contribution in [0.25, 0.3) is 0 Å². The van der Waals surface area contributed by atoms with Crippen LogP contribution < -0.4 is 5.32 Å². The average molecular weight is 1200 g/mol. The molecule has 0 aromatic heterocycles. The Balaban J connectivity index is 1.65. The van der Waals surface area contributed by atoms with E-state index in [1.165, 1.54) is 205 Å². The van der Waals surface area contributed by atoms with Gasteiger partial charge in [0.1, 0.15) is 48.8 Å². The van der Waals surface area contributed by atoms with Gasteiger partial charge >= 0.3 is 0 Å². The second-order valence-corrected chi connectivity index (χ2v) is 24.6. The van der Waals surface area contributed by atoms with E-state index in [0.717, 1.165) is 51.4 Å². The maximum Gasteiger partial charge on any atom is 0.220 e. The van der Waals surface area contributed by atoms with Crippen LogP contribution in [0, 0.1) is 0 Å². The summed E-state index contributed by atoms with van der Waals surface area (Å²) in [6, 6.07) is -0.939. The number of hydrogen-bond acceptors (Lipinski definition) is 13. The van der Waals surface area contributed by atoms with Gasteiger partial charge in [0.15, 0.2) is 12.6 Å². The molecule has 14 heteroatoms. The molecule has 0 aliphatic carbocycles. The van der Waals surface area contributed by atoms with Gasteiger partial charge in [0, 0.05) is 6.42 Å². The first-order chi connectivity index (χ1) is 41.6. The Morgan fingerprint density at radius 1 is 0.424 bits per heavy atom. The van der Waals surface area contributed by atoms with Crippen molar-refractivity contribution < 1.29 is 64.6 Å². The normalized spacial score (nSPS) is 23.9. The molecule has 2 rings (SSSR count). The molecule has 0 spiro atoms. The summed E-state index contributed by atoms with van der Waals surface area (Å²) < 4.78 is 22.8. The van der Waals surface area contributed by atoms with Crippen molar-refractivity contribution in [1.82, 2.24) is 5.32 Å². The van der Waals surface area contributed by atoms with Crippen molar-refractivity contribution in [3.63, 3.8) is 0 Å². The molecule has 9 N–H and O–H groups in total. The molecule has 0 aromatic rings. The van der Waals surface area contributed by atoms with Crippen molar-refractivity contribution >= 4 is 5.91 Å². The van der Waals surface area contributed by atoms with E-state index in [1.54, 1.807) is 6.08 Å². The summed E-state index contributed by atoms with van der Waals surface area (Å²) in [7, 11) is 0. The molecule has 0 bridgehead atoms. The van der Waals surface area contributed by atoms with Crippen molar-refractivity contribution in [2.75, 3.05) is 19.8 Å². The number of aliphatic hydroxyl groups is 8. The Labute approximate surface area is 517 Å². The Morgan fingerprint density at radius 3 is 1.22 bits per heavy atom. The fourth-order valence-electron chi connectivity index (χ4n) is 11.3. The largest absolute Gasteiger partial charge is 0.394 e. The first-order valence-corrected chi connectivity index (χ1v) is 35.0. The van der Waals surface area contributed by atoms with Gasteiger partial charge in [-0.25, -0.2) is 0 Å². The van der Waals surface area contributed by atoms with Gasteiger partial charge in [-0.1, -0.05) is 267 Å². The highest BCUT2D eigenvalue weighted by atomic mass is 16.7. The van der Waals surface area contributed by atoms with Gasteiger partial charge < -0.3 is 65.1 Å². The summed E-state index contributed by atoms with van der Waals surface area (Å²) in [6.07, 6.45) is 57.1. The topological polar surface area (TPSA) is 228 Å². The van der Waals surface area contributed by atoms with Gasteiger partial charge in [0.05, 0.1) is 32.0 Å². The second-order valence-electron chi connectivity index (χ2n) is 24.6. The summed E-state index contributed by atoms with van der Waals surface area (Å²) >= 11 is 0. The third kappa shape index (κ3) is 40.1. The van der Waals surface area contributed by atoms with Crippen LogP contribution in [0.2, 0.25) is 0 Å². The quantitative estimate of drug-likeness (QED) is 0.0204. The lowest BCUT2D eigenvalue weighted by Crippen LogP contribution is -2.65. The van der Waals surface area contributed by atoms with E-state index in [-0.39, 0.29) is 18.9 Å². The highest BCUT2D eigenvalue weighted by Gasteiger charge is 2.51. The second kappa shape index (κ2) is 55.7. The van der Waals surface area contributed by atoms with Gasteiger partial charge in [0.25, 0.3) is 0 Å². The van der Waals surface area contributed by atoms with Crippen LogP contribution in [0.4, 0.5) is 0 Å². The van der Waals surface area contributed by atoms with E-state index < -0.39 is 86.8 Å². The van der Waals surface area contributed by atoms with E-state index in [0.29, 0.717) is 12.8 Å². The van der Waals surface area contributed by atoms with Crippen molar-refractivity contribution in [2.45, 2.75) is 364 Å². The molecule has 14 nitrogen and oxygen atoms in total. The number of carbonyl (C=O) groups excluding carboxylic acids is 1. The molecule has 2 fully saturated rings. The minimum absolute atomic E-state index is 0.250. The van der Waals surface area contributed by atoms with Crippen molar-refractivity contribution in [3.05, 3.63) is 60.8 Å². The SMILES string of the molecule is CCCCCCC/C=C\C/C=C\CCCCCCCCCCCCCCCCCCCCCCCC(=O)NC(COC1OC(CO)C(OC2OC(CO)C(O)C(O)C2O)C(O)C1O)C(O)/C=C/CC/C=C/CC/C=C/CCCCCCCCCC. The average Bonchev–Trinajstić information content (AvgIpc) is 3.29. The number of nitrogens with one attached hydrogen (secondary N) is 1. The molecule has 2 heterocycles. The van der Waals surface area contributed by atoms with Gasteiger partial charge in [-0.2, -0.15) is 0 Å². The van der Waals surface area contributed by atoms with E-state index in [4.69, 9.17) is 18.9 Å². The molecule has 2 aliphatic rings. The number of allylic oxidation sites excluding steroid dienone is 9. The van der Waals surface area contributed by atoms with Crippen LogP contribution in [0.5, 0.6) is 0 Å². The van der Waals surface area contributed by atoms with Crippen molar-refractivity contribution in [1.29, 1.82) is 0 Å². The maximum absolute atomic E-state index is 13.3. The van der Waals surface area contributed by atoms with E-state index in [2.05, 4.69) is 67.8 Å². The number of ether oxygens (including phenoxy) is 4. The van der Waals surface area contributed by atoms with Gasteiger partial charge in [-0.05, 0) is 77.0 Å². The predicted molar refractivity (Wildman–Crippen MR) is 346 cm³/mol. The lowest BCUT2D eigenvalue weighted by Gasteiger charge is -2.46. The Morgan fingerprint density at radius 2 is 0.788 bits per heavy atom. The zero-order valence-electron chi connectivity index (χ0n) is 53.8. The Hall–Kier alpha value is -2.31. The van der Waals surface area contributed by atoms with Crippen LogP contribution in [-0.4, -0.2) is 140 Å². The monoisotopic (exact) mass is 1200 g/mol. The van der Waals surface area contributed by atoms with Crippen LogP contribution >= 0.6 is 0 Å². The summed E-state index contributed by atoms with van der Waals surface area (Å²) in [5.74, 6) is -0.250. The predicted octanol–water partition coefficient (Wildman–Crippen LogP) is 14.1. The molecular weight excluding hydrogens is 1070 g/mol. The van der Waals surface area contributed by atoms with Crippen LogP contribution in [0.15, 0.2) is 60.8 Å². The van der Waals surface area contributed by atoms with Crippen molar-refractivity contribution in [3.8, 4) is 0 Å². The smallest absolute Gasteiger partial charge is 0.220 e. The molecule has 85 heavy (non-hydrogen) atoms. The molecular formula is C71H129NO13. The van der Waals surface area contributed by atoms with Crippen LogP contribution in [-0.2, 0) is 23.7 Å². The molecule has 2 aliphatic heterocycles. The Kier molecular flexibility index (Phi) is 51.7. The molecule has 1 amide bonds. The molecule has 12 atom stereocenters. The van der Waals surface area contributed by atoms with Gasteiger partial charge in [-0.3, -0.25) is 4.79 Å². The highest BCUT2D eigenvalue weighted by Crippen LogP contribution is 2.30. The van der Waals surface area contributed by atoms with Crippen LogP contribution in [0.1, 0.15) is 290 Å². The highest BCUT2D eigenvalue weighted by molar-refractivity contribution is 5.76. The molecule has 0 saturated carbocycles. The standard InChI is InChI=1S/C71H129NO13/c1-3-5-7-9-11-13-15-17-19-21-23-24-25-26-27-28-29-30-31-32-33-34-35-36-37-39-41-43-45-47-49-51-53-55-63(76)72-59(60(75)54-52-50-48-46-44-42-40-38-22-20-18-16-14-12-10-8-6-4-2)58-82-70-68(81)66(79)69(62(57-74)84-70)85-71-67(80)65(78)64(77)61(56-73)83-71/h15,17,21-23,38,44,46,52,54,59-62,64-71,73-75,77-81H,3-14,16,18-20,24-37,39-43,45,47-51,53,55-58H2,1-2H3,(H,72,76)/b17-15-,23-21-,38-22+,46-44+,54-52+. The van der Waals surface area contributed by atoms with Gasteiger partial charge in [-0.15, -0.1) is 0 Å². The van der Waals surface area contributed by atoms with Gasteiger partial charge in [0.2, 0.25) is 5.91 Å². The number of rotatable bonds is 57. The Bertz CT molecular complexity index is 1660. The minimum atomic E-state index is -1.79. The van der Waals surface area contributed by atoms with Crippen LogP contribution in [0.3, 0.4) is 0 Å². The third-order valence-corrected chi connectivity index (χ3v) is 16.9. The number of hydrogen-bond donors (Lipinski definition) is 9. The summed E-state index contributed by atoms with van der Waals surface area (Å²) in [6.45, 7) is 2.78. The number of unbranched alkanes of at least 4 members (excludes halogenated alkanes) is 36. The van der Waals surface area contributed by atoms with E-state index in [9.17, 15) is 45.6 Å². The van der Waals surface area contributed by atoms with Crippen molar-refractivity contribution in [2.24, 2.45) is 0 Å². The number of aliphatic hydroxyl groups excluding tert-OH is 8. The summed E-state index contributed by atoms with van der Waals surface area (Å²) in [4.78, 5) is 13.3. The number of carbonyl (C=O) groups is 1. The zero-order valence-corrected chi connectivity index (χ0v) is 53.8. The lowest BCUT2D eigenvalue weighted by molar-refractivity contribution is -0.359. The summed E-state index contributed by atoms with van der Waals surface area (Å²) in [5, 5.41) is 87.3. The fraction of sp³-hybridized carbons (Fsp3) is 0.845. The molecule has 0 aromatic carbocycles. The lowest BCUT2D eigenvalue weighted by atomic mass is 9.97. The summed E-state index contributed by atoms with van der Waals surface area (Å²) in [5.41, 5.74) is 0. The molecule has 496 valence electrons. The fourth-order valence-corrected chi connectivity index (χ4v) is 11.3. The molecule has 0 radical (unpaired) electrons. The molecule has 12 unspecified atom stereocenters. The van der Waals surface area contributed by atoms with E-state index in [1.807, 2.05) is 6.08 Å². The first-order valence-electron chi connectivity index (χ1n) is 35.0. The molecule has 2 saturated heterocycles. The maximum atomic E-state index is 13.3. The van der Waals surface area contributed by atoms with E-state index >= 15 is 0 Å². The first kappa shape index (κ1) is 78.8. The number of amides is 1.